The van der Waals surface area contributed by atoms with Crippen molar-refractivity contribution in [3.63, 3.8) is 0 Å². The zero-order chi connectivity index (χ0) is 23.9. The Labute approximate surface area is 202 Å². The second-order valence-corrected chi connectivity index (χ2v) is 11.6. The average molecular weight is 506 g/mol. The summed E-state index contributed by atoms with van der Waals surface area (Å²) in [7, 11) is -3.33. The van der Waals surface area contributed by atoms with E-state index in [9.17, 15) is 17.6 Å². The number of carbonyl (C=O) groups is 1. The number of likely N-dealkylation sites (tertiary alicyclic amines) is 1. The van der Waals surface area contributed by atoms with Crippen molar-refractivity contribution in [2.24, 2.45) is 10.9 Å². The zero-order valence-electron chi connectivity index (χ0n) is 18.5. The van der Waals surface area contributed by atoms with Crippen molar-refractivity contribution >= 4 is 45.1 Å². The molecule has 1 amide bonds. The molecule has 0 aromatic carbocycles. The Morgan fingerprint density at radius 3 is 2.47 bits per heavy atom. The lowest BCUT2D eigenvalue weighted by atomic mass is 10.0. The fraction of sp³-hybridized carbons (Fsp3) is 0.478. The van der Waals surface area contributed by atoms with E-state index < -0.39 is 15.7 Å². The third-order valence-corrected chi connectivity index (χ3v) is 9.03. The van der Waals surface area contributed by atoms with Gasteiger partial charge in [0, 0.05) is 38.1 Å². The normalized spacial score (nSPS) is 22.2. The van der Waals surface area contributed by atoms with Gasteiger partial charge >= 0.3 is 0 Å². The van der Waals surface area contributed by atoms with Crippen LogP contribution in [0.4, 0.5) is 15.9 Å². The summed E-state index contributed by atoms with van der Waals surface area (Å²) >= 11 is 5.79. The summed E-state index contributed by atoms with van der Waals surface area (Å²) in [6.07, 6.45) is 8.04. The van der Waals surface area contributed by atoms with Gasteiger partial charge in [0.2, 0.25) is 5.91 Å². The van der Waals surface area contributed by atoms with Gasteiger partial charge in [0.05, 0.1) is 28.1 Å². The number of rotatable bonds is 6. The molecule has 0 bridgehead atoms. The maximum Gasteiger partial charge on any atom is 0.231 e. The van der Waals surface area contributed by atoms with Gasteiger partial charge in [0.25, 0.3) is 0 Å². The fourth-order valence-corrected chi connectivity index (χ4v) is 6.30. The lowest BCUT2D eigenvalue weighted by molar-refractivity contribution is -0.131. The number of anilines is 1. The quantitative estimate of drug-likeness (QED) is 0.558. The molecule has 1 aliphatic carbocycles. The molecule has 0 N–H and O–H groups in total. The summed E-state index contributed by atoms with van der Waals surface area (Å²) in [5, 5.41) is 0.0448. The Morgan fingerprint density at radius 1 is 1.06 bits per heavy atom. The van der Waals surface area contributed by atoms with E-state index in [0.717, 1.165) is 12.8 Å². The molecule has 2 aromatic heterocycles. The molecule has 8 nitrogen and oxygen atoms in total. The smallest absolute Gasteiger partial charge is 0.231 e. The van der Waals surface area contributed by atoms with Gasteiger partial charge in [-0.15, -0.1) is 0 Å². The van der Waals surface area contributed by atoms with Gasteiger partial charge in [-0.3, -0.25) is 9.79 Å². The molecule has 0 spiro atoms. The number of aliphatic imine (C=N–C) groups is 1. The van der Waals surface area contributed by atoms with Gasteiger partial charge in [-0.2, -0.15) is 0 Å². The van der Waals surface area contributed by atoms with Crippen molar-refractivity contribution < 1.29 is 17.6 Å². The first-order valence-electron chi connectivity index (χ1n) is 11.4. The molecule has 2 saturated heterocycles. The maximum absolute atomic E-state index is 14.2. The van der Waals surface area contributed by atoms with Crippen LogP contribution in [-0.2, 0) is 14.6 Å². The minimum absolute atomic E-state index is 0.0406. The number of hydrogen-bond donors (Lipinski definition) is 0. The highest BCUT2D eigenvalue weighted by molar-refractivity contribution is 7.92. The SMILES string of the molecule is O=C1C(C=Nc2ccc(S(=O)(=O)C3CC3)nc2)CCN1C1CCN(c2ncc(Cl)cc2F)CC1. The number of pyridine rings is 2. The number of piperidine rings is 1. The van der Waals surface area contributed by atoms with Gasteiger partial charge in [0.1, 0.15) is 0 Å². The van der Waals surface area contributed by atoms with E-state index in [4.69, 9.17) is 11.6 Å². The Balaban J connectivity index is 1.17. The second-order valence-electron chi connectivity index (χ2n) is 8.98. The first-order chi connectivity index (χ1) is 16.3. The number of hydrogen-bond acceptors (Lipinski definition) is 7. The molecule has 1 saturated carbocycles. The van der Waals surface area contributed by atoms with Gasteiger partial charge in [-0.05, 0) is 50.3 Å². The number of carbonyl (C=O) groups excluding carboxylic acids is 1. The van der Waals surface area contributed by atoms with Crippen LogP contribution in [0.25, 0.3) is 0 Å². The van der Waals surface area contributed by atoms with Crippen LogP contribution in [0, 0.1) is 11.7 Å². The predicted molar refractivity (Wildman–Crippen MR) is 127 cm³/mol. The van der Waals surface area contributed by atoms with E-state index in [1.165, 1.54) is 24.5 Å². The van der Waals surface area contributed by atoms with Gasteiger partial charge in [-0.25, -0.2) is 22.8 Å². The molecule has 2 aromatic rings. The summed E-state index contributed by atoms with van der Waals surface area (Å²) in [5.41, 5.74) is 0.520. The lowest BCUT2D eigenvalue weighted by Crippen LogP contribution is -2.46. The van der Waals surface area contributed by atoms with Crippen LogP contribution >= 0.6 is 11.6 Å². The number of nitrogens with zero attached hydrogens (tertiary/aromatic N) is 5. The average Bonchev–Trinajstić information content (AvgIpc) is 3.63. The molecule has 4 heterocycles. The molecule has 180 valence electrons. The zero-order valence-corrected chi connectivity index (χ0v) is 20.1. The summed E-state index contributed by atoms with van der Waals surface area (Å²) in [5.74, 6) is -0.417. The van der Waals surface area contributed by atoms with Crippen LogP contribution in [0.15, 0.2) is 40.6 Å². The molecule has 0 radical (unpaired) electrons. The molecule has 3 aliphatic rings. The highest BCUT2D eigenvalue weighted by atomic mass is 35.5. The summed E-state index contributed by atoms with van der Waals surface area (Å²) in [6.45, 7) is 1.88. The first kappa shape index (κ1) is 23.2. The number of amides is 1. The third-order valence-electron chi connectivity index (χ3n) is 6.65. The van der Waals surface area contributed by atoms with E-state index in [-0.39, 0.29) is 33.2 Å². The Hall–Kier alpha value is -2.59. The summed E-state index contributed by atoms with van der Waals surface area (Å²) < 4.78 is 38.7. The van der Waals surface area contributed by atoms with Gasteiger partial charge in [0.15, 0.2) is 26.5 Å². The number of halogens is 2. The van der Waals surface area contributed by atoms with E-state index >= 15 is 0 Å². The van der Waals surface area contributed by atoms with E-state index in [1.54, 1.807) is 12.3 Å². The topological polar surface area (TPSA) is 95.8 Å². The molecule has 1 atom stereocenters. The first-order valence-corrected chi connectivity index (χ1v) is 13.4. The van der Waals surface area contributed by atoms with Crippen molar-refractivity contribution in [2.75, 3.05) is 24.5 Å². The number of sulfone groups is 1. The van der Waals surface area contributed by atoms with Crippen LogP contribution < -0.4 is 4.90 Å². The van der Waals surface area contributed by atoms with Crippen molar-refractivity contribution in [1.29, 1.82) is 0 Å². The third kappa shape index (κ3) is 4.65. The highest BCUT2D eigenvalue weighted by Gasteiger charge is 2.38. The molecular formula is C23H25ClFN5O3S. The van der Waals surface area contributed by atoms with Gasteiger partial charge < -0.3 is 9.80 Å². The molecular weight excluding hydrogens is 481 g/mol. The molecule has 11 heteroatoms. The Morgan fingerprint density at radius 2 is 1.82 bits per heavy atom. The van der Waals surface area contributed by atoms with Crippen LogP contribution in [0.1, 0.15) is 32.1 Å². The second kappa shape index (κ2) is 9.22. The Bertz CT molecular complexity index is 1210. The maximum atomic E-state index is 14.2. The van der Waals surface area contributed by atoms with Crippen molar-refractivity contribution in [2.45, 2.75) is 48.4 Å². The van der Waals surface area contributed by atoms with Crippen LogP contribution in [-0.4, -0.2) is 66.3 Å². The van der Waals surface area contributed by atoms with Crippen molar-refractivity contribution in [3.8, 4) is 0 Å². The van der Waals surface area contributed by atoms with E-state index in [1.807, 2.05) is 9.80 Å². The molecule has 34 heavy (non-hydrogen) atoms. The molecule has 2 aliphatic heterocycles. The lowest BCUT2D eigenvalue weighted by Gasteiger charge is -2.37. The minimum atomic E-state index is -3.33. The largest absolute Gasteiger partial charge is 0.354 e. The van der Waals surface area contributed by atoms with Crippen molar-refractivity contribution in [3.05, 3.63) is 41.4 Å². The van der Waals surface area contributed by atoms with Crippen LogP contribution in [0.3, 0.4) is 0 Å². The summed E-state index contributed by atoms with van der Waals surface area (Å²) in [4.78, 5) is 29.3. The standard InChI is InChI=1S/C23H25ClFN5O3S/c24-16-11-20(25)22(28-13-16)29-8-6-18(7-9-29)30-10-5-15(23(30)31)12-26-17-1-4-21(27-14-17)34(32,33)19-2-3-19/h1,4,11-15,18-19H,2-3,5-10H2. The molecule has 1 unspecified atom stereocenters. The molecule has 3 fully saturated rings. The Kier molecular flexibility index (Phi) is 6.28. The monoisotopic (exact) mass is 505 g/mol. The highest BCUT2D eigenvalue weighted by Crippen LogP contribution is 2.33. The van der Waals surface area contributed by atoms with Crippen LogP contribution in [0.5, 0.6) is 0 Å². The minimum Gasteiger partial charge on any atom is -0.354 e. The fourth-order valence-electron chi connectivity index (χ4n) is 4.60. The molecule has 5 rings (SSSR count). The van der Waals surface area contributed by atoms with Crippen LogP contribution in [0.2, 0.25) is 5.02 Å². The summed E-state index contributed by atoms with van der Waals surface area (Å²) in [6, 6.07) is 4.47. The number of aromatic nitrogens is 2. The van der Waals surface area contributed by atoms with Gasteiger partial charge in [-0.1, -0.05) is 11.6 Å². The van der Waals surface area contributed by atoms with E-state index in [0.29, 0.717) is 50.4 Å². The van der Waals surface area contributed by atoms with E-state index in [2.05, 4.69) is 15.0 Å². The predicted octanol–water partition coefficient (Wildman–Crippen LogP) is 3.43. The van der Waals surface area contributed by atoms with Crippen molar-refractivity contribution in [1.82, 2.24) is 14.9 Å².